The summed E-state index contributed by atoms with van der Waals surface area (Å²) in [6.07, 6.45) is 1.91. The van der Waals surface area contributed by atoms with Gasteiger partial charge in [-0.15, -0.1) is 0 Å². The Kier molecular flexibility index (Phi) is 5.69. The summed E-state index contributed by atoms with van der Waals surface area (Å²) in [5.74, 6) is -2.00. The van der Waals surface area contributed by atoms with E-state index < -0.39 is 24.3 Å². The topological polar surface area (TPSA) is 64.6 Å². The predicted octanol–water partition coefficient (Wildman–Crippen LogP) is 2.04. The van der Waals surface area contributed by atoms with E-state index in [4.69, 9.17) is 9.47 Å². The summed E-state index contributed by atoms with van der Waals surface area (Å²) in [5.41, 5.74) is -0.212. The van der Waals surface area contributed by atoms with Gasteiger partial charge in [0.1, 0.15) is 5.82 Å². The molecule has 1 aromatic carbocycles. The summed E-state index contributed by atoms with van der Waals surface area (Å²) < 4.78 is 24.2. The zero-order chi connectivity index (χ0) is 15.2. The van der Waals surface area contributed by atoms with E-state index in [0.717, 1.165) is 18.9 Å². The van der Waals surface area contributed by atoms with Crippen molar-refractivity contribution in [3.8, 4) is 0 Å². The number of ether oxygens (including phenoxy) is 2. The van der Waals surface area contributed by atoms with Gasteiger partial charge in [0.2, 0.25) is 0 Å². The third kappa shape index (κ3) is 4.78. The molecule has 1 fully saturated rings. The number of carbonyl (C=O) groups is 2. The summed E-state index contributed by atoms with van der Waals surface area (Å²) in [6, 6.07) is 3.93. The Hall–Kier alpha value is -1.47. The number of esters is 1. The lowest BCUT2D eigenvalue weighted by Crippen LogP contribution is -2.34. The number of benzene rings is 1. The van der Waals surface area contributed by atoms with Crippen molar-refractivity contribution in [3.05, 3.63) is 34.1 Å². The average molecular weight is 360 g/mol. The number of rotatable bonds is 5. The van der Waals surface area contributed by atoms with Gasteiger partial charge in [0.05, 0.1) is 11.7 Å². The zero-order valence-electron chi connectivity index (χ0n) is 11.2. The van der Waals surface area contributed by atoms with Gasteiger partial charge >= 0.3 is 5.97 Å². The summed E-state index contributed by atoms with van der Waals surface area (Å²) in [4.78, 5) is 23.2. The molecule has 1 aliphatic heterocycles. The van der Waals surface area contributed by atoms with Gasteiger partial charge in [-0.2, -0.15) is 0 Å². The minimum atomic E-state index is -0.874. The molecule has 1 heterocycles. The van der Waals surface area contributed by atoms with Crippen LogP contribution < -0.4 is 5.32 Å². The van der Waals surface area contributed by atoms with Crippen LogP contribution in [0.25, 0.3) is 0 Å². The molecular weight excluding hydrogens is 345 g/mol. The molecule has 0 aliphatic carbocycles. The second-order valence-electron chi connectivity index (χ2n) is 4.64. The van der Waals surface area contributed by atoms with Crippen molar-refractivity contribution in [1.29, 1.82) is 0 Å². The SMILES string of the molecule is O=C(COC(=O)c1cc(Br)ccc1F)NCC1CCCO1. The van der Waals surface area contributed by atoms with E-state index in [-0.39, 0.29) is 11.7 Å². The molecule has 1 amide bonds. The standard InChI is InChI=1S/C14H15BrFNO4/c15-9-3-4-12(16)11(6-9)14(19)21-8-13(18)17-7-10-2-1-5-20-10/h3-4,6,10H,1-2,5,7-8H2,(H,17,18). The first kappa shape index (κ1) is 15.9. The average Bonchev–Trinajstić information content (AvgIpc) is 2.98. The lowest BCUT2D eigenvalue weighted by atomic mass is 10.2. The molecule has 5 nitrogen and oxygen atoms in total. The lowest BCUT2D eigenvalue weighted by molar-refractivity contribution is -0.124. The molecule has 1 unspecified atom stereocenters. The summed E-state index contributed by atoms with van der Waals surface area (Å²) >= 11 is 3.14. The summed E-state index contributed by atoms with van der Waals surface area (Å²) in [6.45, 7) is 0.650. The van der Waals surface area contributed by atoms with Crippen LogP contribution in [-0.4, -0.2) is 37.7 Å². The largest absolute Gasteiger partial charge is 0.452 e. The maximum absolute atomic E-state index is 13.5. The molecular formula is C14H15BrFNO4. The lowest BCUT2D eigenvalue weighted by Gasteiger charge is -2.11. The normalized spacial score (nSPS) is 17.5. The van der Waals surface area contributed by atoms with Crippen LogP contribution in [0.4, 0.5) is 4.39 Å². The van der Waals surface area contributed by atoms with Crippen LogP contribution in [0.15, 0.2) is 22.7 Å². The molecule has 114 valence electrons. The first-order valence-electron chi connectivity index (χ1n) is 6.57. The fourth-order valence-corrected chi connectivity index (χ4v) is 2.31. The minimum Gasteiger partial charge on any atom is -0.452 e. The number of halogens is 2. The highest BCUT2D eigenvalue weighted by Gasteiger charge is 2.18. The molecule has 0 aromatic heterocycles. The molecule has 2 rings (SSSR count). The van der Waals surface area contributed by atoms with E-state index in [9.17, 15) is 14.0 Å². The van der Waals surface area contributed by atoms with Crippen molar-refractivity contribution >= 4 is 27.8 Å². The number of amides is 1. The molecule has 1 atom stereocenters. The van der Waals surface area contributed by atoms with Gasteiger partial charge in [0.25, 0.3) is 5.91 Å². The predicted molar refractivity (Wildman–Crippen MR) is 76.4 cm³/mol. The Balaban J connectivity index is 1.77. The van der Waals surface area contributed by atoms with E-state index in [2.05, 4.69) is 21.2 Å². The highest BCUT2D eigenvalue weighted by molar-refractivity contribution is 9.10. The van der Waals surface area contributed by atoms with E-state index >= 15 is 0 Å². The van der Waals surface area contributed by atoms with Crippen LogP contribution in [-0.2, 0) is 14.3 Å². The Labute approximate surface area is 129 Å². The first-order chi connectivity index (χ1) is 10.1. The molecule has 1 aromatic rings. The van der Waals surface area contributed by atoms with E-state index in [0.29, 0.717) is 17.6 Å². The molecule has 0 spiro atoms. The van der Waals surface area contributed by atoms with E-state index in [1.807, 2.05) is 0 Å². The third-order valence-corrected chi connectivity index (χ3v) is 3.53. The Morgan fingerprint density at radius 1 is 1.48 bits per heavy atom. The number of carbonyl (C=O) groups excluding carboxylic acids is 2. The number of hydrogen-bond acceptors (Lipinski definition) is 4. The fraction of sp³-hybridized carbons (Fsp3) is 0.429. The molecule has 7 heteroatoms. The van der Waals surface area contributed by atoms with Crippen LogP contribution in [0.2, 0.25) is 0 Å². The van der Waals surface area contributed by atoms with Crippen LogP contribution in [0.3, 0.4) is 0 Å². The zero-order valence-corrected chi connectivity index (χ0v) is 12.8. The fourth-order valence-electron chi connectivity index (χ4n) is 1.95. The van der Waals surface area contributed by atoms with Crippen LogP contribution in [0.1, 0.15) is 23.2 Å². The van der Waals surface area contributed by atoms with Gasteiger partial charge in [-0.3, -0.25) is 4.79 Å². The maximum atomic E-state index is 13.5. The maximum Gasteiger partial charge on any atom is 0.341 e. The quantitative estimate of drug-likeness (QED) is 0.817. The van der Waals surface area contributed by atoms with E-state index in [1.54, 1.807) is 0 Å². The third-order valence-electron chi connectivity index (χ3n) is 3.03. The van der Waals surface area contributed by atoms with Gasteiger partial charge < -0.3 is 14.8 Å². The van der Waals surface area contributed by atoms with Crippen molar-refractivity contribution in [2.75, 3.05) is 19.8 Å². The highest BCUT2D eigenvalue weighted by atomic mass is 79.9. The monoisotopic (exact) mass is 359 g/mol. The molecule has 1 N–H and O–H groups in total. The molecule has 0 saturated carbocycles. The first-order valence-corrected chi connectivity index (χ1v) is 7.36. The van der Waals surface area contributed by atoms with Crippen molar-refractivity contribution in [3.63, 3.8) is 0 Å². The number of nitrogens with one attached hydrogen (secondary N) is 1. The Morgan fingerprint density at radius 2 is 2.29 bits per heavy atom. The Morgan fingerprint density at radius 3 is 3.00 bits per heavy atom. The van der Waals surface area contributed by atoms with Crippen molar-refractivity contribution < 1.29 is 23.5 Å². The van der Waals surface area contributed by atoms with E-state index in [1.165, 1.54) is 12.1 Å². The molecule has 1 saturated heterocycles. The van der Waals surface area contributed by atoms with Gasteiger partial charge in [-0.1, -0.05) is 15.9 Å². The van der Waals surface area contributed by atoms with Crippen molar-refractivity contribution in [2.24, 2.45) is 0 Å². The molecule has 0 radical (unpaired) electrons. The van der Waals surface area contributed by atoms with Crippen LogP contribution in [0.5, 0.6) is 0 Å². The van der Waals surface area contributed by atoms with Crippen molar-refractivity contribution in [1.82, 2.24) is 5.32 Å². The smallest absolute Gasteiger partial charge is 0.341 e. The van der Waals surface area contributed by atoms with Crippen LogP contribution >= 0.6 is 15.9 Å². The molecule has 1 aliphatic rings. The van der Waals surface area contributed by atoms with Gasteiger partial charge in [-0.25, -0.2) is 9.18 Å². The number of hydrogen-bond donors (Lipinski definition) is 1. The van der Waals surface area contributed by atoms with Gasteiger partial charge in [-0.05, 0) is 31.0 Å². The molecule has 0 bridgehead atoms. The highest BCUT2D eigenvalue weighted by Crippen LogP contribution is 2.16. The summed E-state index contributed by atoms with van der Waals surface area (Å²) in [5, 5.41) is 2.61. The van der Waals surface area contributed by atoms with Gasteiger partial charge in [0, 0.05) is 17.6 Å². The van der Waals surface area contributed by atoms with Crippen molar-refractivity contribution in [2.45, 2.75) is 18.9 Å². The minimum absolute atomic E-state index is 0.0205. The Bertz CT molecular complexity index is 532. The second-order valence-corrected chi connectivity index (χ2v) is 5.56. The summed E-state index contributed by atoms with van der Waals surface area (Å²) in [7, 11) is 0. The van der Waals surface area contributed by atoms with Gasteiger partial charge in [0.15, 0.2) is 6.61 Å². The second kappa shape index (κ2) is 7.51. The molecule has 21 heavy (non-hydrogen) atoms. The van der Waals surface area contributed by atoms with Crippen LogP contribution in [0, 0.1) is 5.82 Å².